The lowest BCUT2D eigenvalue weighted by molar-refractivity contribution is 0.0935. The largest absolute Gasteiger partial charge is 0.350 e. The number of aryl methyl sites for hydroxylation is 1. The minimum atomic E-state index is -1.62. The van der Waals surface area contributed by atoms with Gasteiger partial charge in [0.25, 0.3) is 11.8 Å². The Hall–Kier alpha value is -4.10. The van der Waals surface area contributed by atoms with Crippen LogP contribution in [0.1, 0.15) is 45.2 Å². The summed E-state index contributed by atoms with van der Waals surface area (Å²) in [5.74, 6) is -0.968. The summed E-state index contributed by atoms with van der Waals surface area (Å²) in [5.41, 5.74) is 3.02. The summed E-state index contributed by atoms with van der Waals surface area (Å²) in [6.07, 6.45) is 1.61. The van der Waals surface area contributed by atoms with Crippen molar-refractivity contribution < 1.29 is 18.2 Å². The summed E-state index contributed by atoms with van der Waals surface area (Å²) in [7, 11) is -1.62. The fraction of sp³-hybridized carbons (Fsp3) is 0.161. The molecule has 0 saturated carbocycles. The third kappa shape index (κ3) is 5.43. The average molecular weight is 527 g/mol. The molecule has 0 spiro atoms. The van der Waals surface area contributed by atoms with Crippen molar-refractivity contribution in [2.24, 2.45) is 0 Å². The van der Waals surface area contributed by atoms with Gasteiger partial charge in [-0.25, -0.2) is 8.60 Å². The Bertz CT molecular complexity index is 1510. The smallest absolute Gasteiger partial charge is 0.259 e. The molecule has 0 fully saturated rings. The molecule has 38 heavy (non-hydrogen) atoms. The highest BCUT2D eigenvalue weighted by atomic mass is 32.2. The molecule has 4 aromatic rings. The number of nitrogens with zero attached hydrogens (tertiary/aromatic N) is 1. The zero-order valence-corrected chi connectivity index (χ0v) is 21.7. The van der Waals surface area contributed by atoms with Crippen LogP contribution < -0.4 is 10.2 Å². The van der Waals surface area contributed by atoms with Crippen LogP contribution in [0.5, 0.6) is 0 Å². The second kappa shape index (κ2) is 11.1. The Morgan fingerprint density at radius 1 is 0.895 bits per heavy atom. The van der Waals surface area contributed by atoms with E-state index in [4.69, 9.17) is 0 Å². The number of rotatable bonds is 7. The first-order valence-electron chi connectivity index (χ1n) is 12.5. The van der Waals surface area contributed by atoms with Crippen LogP contribution in [0.4, 0.5) is 10.1 Å². The highest BCUT2D eigenvalue weighted by Crippen LogP contribution is 2.36. The van der Waals surface area contributed by atoms with Gasteiger partial charge in [-0.2, -0.15) is 0 Å². The van der Waals surface area contributed by atoms with Gasteiger partial charge in [0.2, 0.25) is 0 Å². The van der Waals surface area contributed by atoms with Crippen molar-refractivity contribution in [2.45, 2.75) is 42.1 Å². The van der Waals surface area contributed by atoms with Crippen molar-refractivity contribution in [3.05, 3.63) is 125 Å². The lowest BCUT2D eigenvalue weighted by atomic mass is 10.1. The van der Waals surface area contributed by atoms with Crippen molar-refractivity contribution in [3.63, 3.8) is 0 Å². The molecule has 2 atom stereocenters. The van der Waals surface area contributed by atoms with Gasteiger partial charge >= 0.3 is 0 Å². The van der Waals surface area contributed by atoms with E-state index in [2.05, 4.69) is 17.4 Å². The van der Waals surface area contributed by atoms with Crippen LogP contribution in [0.3, 0.4) is 0 Å². The van der Waals surface area contributed by atoms with E-state index in [9.17, 15) is 18.2 Å². The SMILES string of the molecule is CC(CCc1ccccc1)NC(=O)c1ccc2c(c1)N(Cc1ccc(F)cc1)C(=O)c1ccccc1S2=O. The fourth-order valence-corrected chi connectivity index (χ4v) is 5.89. The van der Waals surface area contributed by atoms with Gasteiger partial charge < -0.3 is 10.2 Å². The first-order chi connectivity index (χ1) is 18.4. The van der Waals surface area contributed by atoms with Gasteiger partial charge in [0.05, 0.1) is 38.4 Å². The molecule has 0 bridgehead atoms. The van der Waals surface area contributed by atoms with Crippen LogP contribution in [0.15, 0.2) is 107 Å². The van der Waals surface area contributed by atoms with E-state index in [1.165, 1.54) is 22.6 Å². The number of amides is 2. The lowest BCUT2D eigenvalue weighted by Gasteiger charge is -2.24. The average Bonchev–Trinajstić information content (AvgIpc) is 3.03. The number of hydrogen-bond acceptors (Lipinski definition) is 3. The number of carbonyl (C=O) groups is 2. The van der Waals surface area contributed by atoms with Crippen molar-refractivity contribution in [3.8, 4) is 0 Å². The summed E-state index contributed by atoms with van der Waals surface area (Å²) in [6, 6.07) is 27.7. The Labute approximate surface area is 223 Å². The molecule has 192 valence electrons. The molecule has 1 aliphatic heterocycles. The van der Waals surface area contributed by atoms with E-state index in [-0.39, 0.29) is 30.2 Å². The summed E-state index contributed by atoms with van der Waals surface area (Å²) < 4.78 is 27.1. The molecular weight excluding hydrogens is 499 g/mol. The van der Waals surface area contributed by atoms with Gasteiger partial charge in [-0.1, -0.05) is 54.6 Å². The number of benzene rings is 4. The number of hydrogen-bond donors (Lipinski definition) is 1. The minimum absolute atomic E-state index is 0.0724. The van der Waals surface area contributed by atoms with Crippen molar-refractivity contribution in [1.82, 2.24) is 5.32 Å². The predicted molar refractivity (Wildman–Crippen MR) is 146 cm³/mol. The summed E-state index contributed by atoms with van der Waals surface area (Å²) >= 11 is 0. The van der Waals surface area contributed by atoms with E-state index < -0.39 is 10.8 Å². The molecule has 1 N–H and O–H groups in total. The number of halogens is 1. The standard InChI is InChI=1S/C31H27FN2O3S/c1-21(11-12-22-7-3-2-4-8-22)33-30(35)24-15-18-29-27(19-24)34(20-23-13-16-25(32)17-14-23)31(36)26-9-5-6-10-28(26)38(29)37/h2-10,13-19,21H,11-12,20H2,1H3,(H,33,35). The molecule has 1 heterocycles. The molecule has 7 heteroatoms. The highest BCUT2D eigenvalue weighted by molar-refractivity contribution is 7.85. The van der Waals surface area contributed by atoms with Gasteiger partial charge in [-0.05, 0) is 73.4 Å². The molecule has 5 nitrogen and oxygen atoms in total. The first kappa shape index (κ1) is 25.5. The molecule has 0 aromatic heterocycles. The normalized spacial score (nSPS) is 15.3. The fourth-order valence-electron chi connectivity index (χ4n) is 4.54. The highest BCUT2D eigenvalue weighted by Gasteiger charge is 2.31. The molecule has 0 saturated heterocycles. The molecule has 4 aromatic carbocycles. The Kier molecular flexibility index (Phi) is 7.47. The van der Waals surface area contributed by atoms with E-state index in [0.717, 1.165) is 12.8 Å². The number of carbonyl (C=O) groups excluding carboxylic acids is 2. The van der Waals surface area contributed by atoms with Crippen LogP contribution in [-0.4, -0.2) is 22.1 Å². The van der Waals surface area contributed by atoms with Gasteiger partial charge in [0.15, 0.2) is 0 Å². The zero-order chi connectivity index (χ0) is 26.6. The van der Waals surface area contributed by atoms with Crippen molar-refractivity contribution >= 4 is 28.3 Å². The molecule has 0 aliphatic carbocycles. The van der Waals surface area contributed by atoms with Crippen LogP contribution >= 0.6 is 0 Å². The number of nitrogens with one attached hydrogen (secondary N) is 1. The van der Waals surface area contributed by atoms with Crippen molar-refractivity contribution in [2.75, 3.05) is 4.90 Å². The second-order valence-electron chi connectivity index (χ2n) is 9.36. The van der Waals surface area contributed by atoms with E-state index >= 15 is 0 Å². The van der Waals surface area contributed by atoms with E-state index in [0.29, 0.717) is 32.2 Å². The van der Waals surface area contributed by atoms with E-state index in [1.54, 1.807) is 54.6 Å². The Balaban J connectivity index is 1.45. The van der Waals surface area contributed by atoms with Crippen LogP contribution in [0.25, 0.3) is 0 Å². The Morgan fingerprint density at radius 2 is 1.61 bits per heavy atom. The summed E-state index contributed by atoms with van der Waals surface area (Å²) in [4.78, 5) is 29.3. The Morgan fingerprint density at radius 3 is 2.37 bits per heavy atom. The lowest BCUT2D eigenvalue weighted by Crippen LogP contribution is -2.33. The predicted octanol–water partition coefficient (Wildman–Crippen LogP) is 5.90. The number of anilines is 1. The van der Waals surface area contributed by atoms with Crippen LogP contribution in [0, 0.1) is 5.82 Å². The van der Waals surface area contributed by atoms with Gasteiger partial charge in [0, 0.05) is 11.6 Å². The topological polar surface area (TPSA) is 66.5 Å². The molecule has 2 amide bonds. The summed E-state index contributed by atoms with van der Waals surface area (Å²) in [5, 5.41) is 3.04. The first-order valence-corrected chi connectivity index (χ1v) is 13.6. The number of fused-ring (bicyclic) bond motifs is 2. The van der Waals surface area contributed by atoms with Crippen molar-refractivity contribution in [1.29, 1.82) is 0 Å². The maximum Gasteiger partial charge on any atom is 0.259 e. The third-order valence-electron chi connectivity index (χ3n) is 6.61. The molecule has 5 rings (SSSR count). The second-order valence-corrected chi connectivity index (χ2v) is 10.8. The maximum atomic E-state index is 13.7. The van der Waals surface area contributed by atoms with Gasteiger partial charge in [-0.15, -0.1) is 0 Å². The minimum Gasteiger partial charge on any atom is -0.350 e. The quantitative estimate of drug-likeness (QED) is 0.326. The molecule has 1 aliphatic rings. The third-order valence-corrected chi connectivity index (χ3v) is 8.11. The van der Waals surface area contributed by atoms with Gasteiger partial charge in [0.1, 0.15) is 5.82 Å². The maximum absolute atomic E-state index is 13.7. The van der Waals surface area contributed by atoms with Gasteiger partial charge in [-0.3, -0.25) is 9.59 Å². The van der Waals surface area contributed by atoms with Crippen LogP contribution in [-0.2, 0) is 23.8 Å². The molecule has 0 radical (unpaired) electrons. The molecular formula is C31H27FN2O3S. The van der Waals surface area contributed by atoms with Crippen LogP contribution in [0.2, 0.25) is 0 Å². The van der Waals surface area contributed by atoms with E-state index in [1.807, 2.05) is 25.1 Å². The molecule has 2 unspecified atom stereocenters. The zero-order valence-electron chi connectivity index (χ0n) is 20.9. The summed E-state index contributed by atoms with van der Waals surface area (Å²) in [6.45, 7) is 2.09. The monoisotopic (exact) mass is 526 g/mol.